The summed E-state index contributed by atoms with van der Waals surface area (Å²) in [7, 11) is 0. The second kappa shape index (κ2) is 6.83. The van der Waals surface area contributed by atoms with E-state index in [1.54, 1.807) is 0 Å². The lowest BCUT2D eigenvalue weighted by atomic mass is 9.90. The predicted octanol–water partition coefficient (Wildman–Crippen LogP) is 2.39. The summed E-state index contributed by atoms with van der Waals surface area (Å²) in [6.07, 6.45) is 4.25. The maximum absolute atomic E-state index is 3.52. The number of halogens is 1. The fourth-order valence-corrected chi connectivity index (χ4v) is 3.39. The van der Waals surface area contributed by atoms with Crippen LogP contribution in [0.2, 0.25) is 0 Å². The van der Waals surface area contributed by atoms with Gasteiger partial charge in [-0.25, -0.2) is 0 Å². The lowest BCUT2D eigenvalue weighted by Crippen LogP contribution is -2.44. The van der Waals surface area contributed by atoms with Crippen LogP contribution < -0.4 is 5.32 Å². The normalized spacial score (nSPS) is 36.8. The van der Waals surface area contributed by atoms with Gasteiger partial charge in [-0.2, -0.15) is 0 Å². The van der Waals surface area contributed by atoms with Gasteiger partial charge in [0.05, 0.1) is 0 Å². The first kappa shape index (κ1) is 14.3. The molecule has 2 aliphatic heterocycles. The molecule has 0 amide bonds. The summed E-state index contributed by atoms with van der Waals surface area (Å²) in [6, 6.07) is 0. The molecule has 2 rings (SSSR count). The summed E-state index contributed by atoms with van der Waals surface area (Å²) in [5.41, 5.74) is 0. The van der Waals surface area contributed by atoms with Crippen molar-refractivity contribution in [3.63, 3.8) is 0 Å². The molecule has 0 aromatic heterocycles. The predicted molar refractivity (Wildman–Crippen MR) is 72.2 cm³/mol. The zero-order chi connectivity index (χ0) is 10.7. The molecule has 0 radical (unpaired) electrons. The second-order valence-corrected chi connectivity index (χ2v) is 5.88. The third-order valence-electron chi connectivity index (χ3n) is 3.86. The van der Waals surface area contributed by atoms with E-state index in [4.69, 9.17) is 0 Å². The van der Waals surface area contributed by atoms with E-state index in [0.717, 1.165) is 17.8 Å². The summed E-state index contributed by atoms with van der Waals surface area (Å²) in [4.78, 5) is 2.70. The lowest BCUT2D eigenvalue weighted by Gasteiger charge is -2.37. The van der Waals surface area contributed by atoms with E-state index in [0.29, 0.717) is 0 Å². The van der Waals surface area contributed by atoms with E-state index in [1.165, 1.54) is 52.0 Å². The molecule has 3 heteroatoms. The van der Waals surface area contributed by atoms with Crippen LogP contribution >= 0.6 is 12.4 Å². The maximum atomic E-state index is 3.52. The smallest absolute Gasteiger partial charge is 0.00220 e. The quantitative estimate of drug-likeness (QED) is 0.805. The van der Waals surface area contributed by atoms with Crippen LogP contribution in [0.25, 0.3) is 0 Å². The van der Waals surface area contributed by atoms with Crippen LogP contribution in [0.15, 0.2) is 0 Å². The topological polar surface area (TPSA) is 15.3 Å². The summed E-state index contributed by atoms with van der Waals surface area (Å²) in [5.74, 6) is 2.73. The number of hydrogen-bond acceptors (Lipinski definition) is 2. The van der Waals surface area contributed by atoms with Crippen molar-refractivity contribution < 1.29 is 0 Å². The van der Waals surface area contributed by atoms with Gasteiger partial charge in [0.15, 0.2) is 0 Å². The number of piperidine rings is 2. The van der Waals surface area contributed by atoms with Crippen LogP contribution in [0.1, 0.15) is 33.1 Å². The Balaban J connectivity index is 0.00000128. The van der Waals surface area contributed by atoms with Crippen molar-refractivity contribution in [1.29, 1.82) is 0 Å². The van der Waals surface area contributed by atoms with Gasteiger partial charge < -0.3 is 10.2 Å². The average molecular weight is 247 g/mol. The first-order chi connectivity index (χ1) is 7.24. The van der Waals surface area contributed by atoms with Crippen LogP contribution in [0.4, 0.5) is 0 Å². The van der Waals surface area contributed by atoms with Crippen molar-refractivity contribution in [2.24, 2.45) is 17.8 Å². The highest BCUT2D eigenvalue weighted by Gasteiger charge is 2.24. The minimum absolute atomic E-state index is 0. The number of nitrogens with zero attached hydrogens (tertiary/aromatic N) is 1. The largest absolute Gasteiger partial charge is 0.316 e. The lowest BCUT2D eigenvalue weighted by molar-refractivity contribution is 0.115. The molecule has 0 aliphatic carbocycles. The standard InChI is InChI=1S/C13H26N2.ClH/c1-11-6-12(2)9-15(8-11)10-13-4-3-5-14-7-13;/h11-14H,3-10H2,1-2H3;1H. The van der Waals surface area contributed by atoms with Crippen molar-refractivity contribution in [2.75, 3.05) is 32.7 Å². The van der Waals surface area contributed by atoms with Gasteiger partial charge in [0.25, 0.3) is 0 Å². The molecule has 16 heavy (non-hydrogen) atoms. The highest BCUT2D eigenvalue weighted by molar-refractivity contribution is 5.85. The molecule has 2 aliphatic rings. The molecular weight excluding hydrogens is 220 g/mol. The van der Waals surface area contributed by atoms with Gasteiger partial charge in [0.1, 0.15) is 0 Å². The Morgan fingerprint density at radius 2 is 1.88 bits per heavy atom. The molecule has 2 fully saturated rings. The fraction of sp³-hybridized carbons (Fsp3) is 1.00. The van der Waals surface area contributed by atoms with Crippen LogP contribution in [0.3, 0.4) is 0 Å². The van der Waals surface area contributed by atoms with E-state index in [9.17, 15) is 0 Å². The third kappa shape index (κ3) is 4.23. The SMILES string of the molecule is CC1CC(C)CN(CC2CCCNC2)C1.Cl. The Morgan fingerprint density at radius 1 is 1.19 bits per heavy atom. The van der Waals surface area contributed by atoms with Crippen LogP contribution in [-0.4, -0.2) is 37.6 Å². The molecule has 2 heterocycles. The summed E-state index contributed by atoms with van der Waals surface area (Å²) in [5, 5.41) is 3.52. The van der Waals surface area contributed by atoms with Crippen molar-refractivity contribution in [1.82, 2.24) is 10.2 Å². The number of nitrogens with one attached hydrogen (secondary N) is 1. The minimum Gasteiger partial charge on any atom is -0.316 e. The monoisotopic (exact) mass is 246 g/mol. The third-order valence-corrected chi connectivity index (χ3v) is 3.86. The average Bonchev–Trinajstić information content (AvgIpc) is 2.17. The molecule has 3 unspecified atom stereocenters. The Kier molecular flexibility index (Phi) is 6.09. The van der Waals surface area contributed by atoms with Crippen molar-refractivity contribution in [3.8, 4) is 0 Å². The van der Waals surface area contributed by atoms with Gasteiger partial charge in [-0.1, -0.05) is 13.8 Å². The summed E-state index contributed by atoms with van der Waals surface area (Å²) >= 11 is 0. The van der Waals surface area contributed by atoms with Gasteiger partial charge in [0, 0.05) is 19.6 Å². The van der Waals surface area contributed by atoms with Crippen LogP contribution in [-0.2, 0) is 0 Å². The molecule has 0 bridgehead atoms. The van der Waals surface area contributed by atoms with Crippen molar-refractivity contribution >= 4 is 12.4 Å². The highest BCUT2D eigenvalue weighted by atomic mass is 35.5. The molecule has 3 atom stereocenters. The molecule has 0 aromatic rings. The van der Waals surface area contributed by atoms with Crippen molar-refractivity contribution in [3.05, 3.63) is 0 Å². The zero-order valence-corrected chi connectivity index (χ0v) is 11.6. The van der Waals surface area contributed by atoms with Gasteiger partial charge >= 0.3 is 0 Å². The maximum Gasteiger partial charge on any atom is 0.00220 e. The first-order valence-electron chi connectivity index (χ1n) is 6.67. The van der Waals surface area contributed by atoms with E-state index in [1.807, 2.05) is 0 Å². The molecule has 96 valence electrons. The minimum atomic E-state index is 0. The molecule has 0 spiro atoms. The molecular formula is C13H27ClN2. The van der Waals surface area contributed by atoms with Crippen LogP contribution in [0.5, 0.6) is 0 Å². The molecule has 2 nitrogen and oxygen atoms in total. The molecule has 0 aromatic carbocycles. The second-order valence-electron chi connectivity index (χ2n) is 5.88. The van der Waals surface area contributed by atoms with E-state index in [-0.39, 0.29) is 12.4 Å². The van der Waals surface area contributed by atoms with Gasteiger partial charge in [-0.15, -0.1) is 12.4 Å². The Labute approximate surface area is 107 Å². The number of likely N-dealkylation sites (tertiary alicyclic amines) is 1. The highest BCUT2D eigenvalue weighted by Crippen LogP contribution is 2.22. The van der Waals surface area contributed by atoms with Gasteiger partial charge in [-0.05, 0) is 50.1 Å². The number of hydrogen-bond donors (Lipinski definition) is 1. The Morgan fingerprint density at radius 3 is 2.44 bits per heavy atom. The summed E-state index contributed by atoms with van der Waals surface area (Å²) < 4.78 is 0. The van der Waals surface area contributed by atoms with E-state index >= 15 is 0 Å². The van der Waals surface area contributed by atoms with E-state index in [2.05, 4.69) is 24.1 Å². The van der Waals surface area contributed by atoms with Crippen molar-refractivity contribution in [2.45, 2.75) is 33.1 Å². The van der Waals surface area contributed by atoms with Gasteiger partial charge in [-0.3, -0.25) is 0 Å². The molecule has 2 saturated heterocycles. The van der Waals surface area contributed by atoms with E-state index < -0.39 is 0 Å². The van der Waals surface area contributed by atoms with Gasteiger partial charge in [0.2, 0.25) is 0 Å². The molecule has 0 saturated carbocycles. The zero-order valence-electron chi connectivity index (χ0n) is 10.7. The fourth-order valence-electron chi connectivity index (χ4n) is 3.39. The van der Waals surface area contributed by atoms with Crippen LogP contribution in [0, 0.1) is 17.8 Å². The summed E-state index contributed by atoms with van der Waals surface area (Å²) in [6.45, 7) is 11.3. The Bertz CT molecular complexity index is 182. The number of rotatable bonds is 2. The first-order valence-corrected chi connectivity index (χ1v) is 6.67. The Hall–Kier alpha value is 0.210. The molecule has 1 N–H and O–H groups in total.